The van der Waals surface area contributed by atoms with E-state index in [2.05, 4.69) is 11.9 Å². The zero-order chi connectivity index (χ0) is 13.7. The Balaban J connectivity index is 2.06. The monoisotopic (exact) mass is 261 g/mol. The maximum absolute atomic E-state index is 11.8. The normalized spacial score (nSPS) is 22.7. The molecule has 2 rings (SSSR count). The van der Waals surface area contributed by atoms with Crippen molar-refractivity contribution in [2.24, 2.45) is 0 Å². The molecule has 104 valence electrons. The molecule has 1 heterocycles. The third kappa shape index (κ3) is 4.15. The number of likely N-dealkylation sites (N-methyl/N-ethyl adjacent to an activating group) is 1. The average Bonchev–Trinajstić information content (AvgIpc) is 2.61. The minimum Gasteiger partial charge on any atom is -0.361 e. The van der Waals surface area contributed by atoms with Gasteiger partial charge in [0.1, 0.15) is 6.10 Å². The lowest BCUT2D eigenvalue weighted by Gasteiger charge is -2.25. The van der Waals surface area contributed by atoms with Gasteiger partial charge in [0.05, 0.1) is 6.10 Å². The smallest absolute Gasteiger partial charge is 0.163 e. The van der Waals surface area contributed by atoms with Crippen molar-refractivity contribution in [1.82, 2.24) is 4.90 Å². The van der Waals surface area contributed by atoms with Crippen molar-refractivity contribution in [1.29, 1.82) is 0 Å². The first-order valence-electron chi connectivity index (χ1n) is 7.06. The molecule has 0 bridgehead atoms. The minimum atomic E-state index is -0.419. The van der Waals surface area contributed by atoms with Crippen molar-refractivity contribution >= 4 is 5.78 Å². The number of ether oxygens (including phenoxy) is 1. The van der Waals surface area contributed by atoms with E-state index < -0.39 is 6.10 Å². The van der Waals surface area contributed by atoms with Gasteiger partial charge in [0.25, 0.3) is 0 Å². The summed E-state index contributed by atoms with van der Waals surface area (Å²) in [5.74, 6) is 0.0816. The Bertz CT molecular complexity index is 404. The van der Waals surface area contributed by atoms with E-state index >= 15 is 0 Å². The fourth-order valence-electron chi connectivity index (χ4n) is 2.62. The number of ketones is 1. The van der Waals surface area contributed by atoms with Crippen LogP contribution in [0, 0.1) is 0 Å². The van der Waals surface area contributed by atoms with Crippen molar-refractivity contribution in [2.75, 3.05) is 20.1 Å². The second kappa shape index (κ2) is 6.83. The molecule has 0 radical (unpaired) electrons. The number of carbonyl (C=O) groups excluding carboxylic acids is 1. The van der Waals surface area contributed by atoms with Crippen LogP contribution in [0.4, 0.5) is 0 Å². The molecule has 0 N–H and O–H groups in total. The van der Waals surface area contributed by atoms with E-state index in [1.807, 2.05) is 30.3 Å². The summed E-state index contributed by atoms with van der Waals surface area (Å²) >= 11 is 0. The molecule has 19 heavy (non-hydrogen) atoms. The Kier molecular flexibility index (Phi) is 5.11. The van der Waals surface area contributed by atoms with Crippen LogP contribution < -0.4 is 0 Å². The molecule has 1 aromatic rings. The number of carbonyl (C=O) groups is 1. The summed E-state index contributed by atoms with van der Waals surface area (Å²) in [7, 11) is 2.12. The third-order valence-corrected chi connectivity index (χ3v) is 3.63. The summed E-state index contributed by atoms with van der Waals surface area (Å²) in [6.45, 7) is 3.64. The Hall–Kier alpha value is -1.19. The molecule has 0 saturated carbocycles. The molecular weight excluding hydrogens is 238 g/mol. The van der Waals surface area contributed by atoms with Gasteiger partial charge < -0.3 is 9.64 Å². The lowest BCUT2D eigenvalue weighted by Crippen LogP contribution is -2.31. The molecule has 3 heteroatoms. The summed E-state index contributed by atoms with van der Waals surface area (Å²) in [5.41, 5.74) is 0.960. The van der Waals surface area contributed by atoms with E-state index in [-0.39, 0.29) is 11.9 Å². The summed E-state index contributed by atoms with van der Waals surface area (Å²) in [5, 5.41) is 0. The predicted octanol–water partition coefficient (Wildman–Crippen LogP) is 2.82. The van der Waals surface area contributed by atoms with Gasteiger partial charge in [0.15, 0.2) is 5.78 Å². The van der Waals surface area contributed by atoms with Gasteiger partial charge in [-0.2, -0.15) is 0 Å². The highest BCUT2D eigenvalue weighted by molar-refractivity contribution is 5.81. The van der Waals surface area contributed by atoms with Gasteiger partial charge in [0, 0.05) is 6.54 Å². The molecule has 0 spiro atoms. The second-order valence-corrected chi connectivity index (χ2v) is 5.42. The van der Waals surface area contributed by atoms with E-state index in [0.717, 1.165) is 25.1 Å². The van der Waals surface area contributed by atoms with Crippen molar-refractivity contribution in [3.05, 3.63) is 35.9 Å². The zero-order valence-corrected chi connectivity index (χ0v) is 11.8. The van der Waals surface area contributed by atoms with Crippen LogP contribution in [0.2, 0.25) is 0 Å². The molecule has 1 saturated heterocycles. The standard InChI is InChI=1S/C16H23NO2/c1-13(18)16(14-8-4-3-5-9-14)19-15-10-6-7-11-17(2)12-15/h3-5,8-9,15-16H,6-7,10-12H2,1-2H3. The van der Waals surface area contributed by atoms with Gasteiger partial charge >= 0.3 is 0 Å². The highest BCUT2D eigenvalue weighted by Crippen LogP contribution is 2.23. The lowest BCUT2D eigenvalue weighted by atomic mass is 10.1. The van der Waals surface area contributed by atoms with Crippen molar-refractivity contribution < 1.29 is 9.53 Å². The first kappa shape index (κ1) is 14.2. The number of likely N-dealkylation sites (tertiary alicyclic amines) is 1. The number of hydrogen-bond acceptors (Lipinski definition) is 3. The Morgan fingerprint density at radius 3 is 2.74 bits per heavy atom. The molecule has 1 fully saturated rings. The van der Waals surface area contributed by atoms with E-state index in [9.17, 15) is 4.79 Å². The quantitative estimate of drug-likeness (QED) is 0.834. The number of rotatable bonds is 4. The summed E-state index contributed by atoms with van der Waals surface area (Å²) in [6.07, 6.45) is 3.17. The topological polar surface area (TPSA) is 29.5 Å². The summed E-state index contributed by atoms with van der Waals surface area (Å²) in [6, 6.07) is 9.79. The van der Waals surface area contributed by atoms with Crippen LogP contribution in [0.5, 0.6) is 0 Å². The predicted molar refractivity (Wildman–Crippen MR) is 76.1 cm³/mol. The fourth-order valence-corrected chi connectivity index (χ4v) is 2.62. The first-order valence-corrected chi connectivity index (χ1v) is 7.06. The van der Waals surface area contributed by atoms with E-state index in [0.29, 0.717) is 0 Å². The highest BCUT2D eigenvalue weighted by atomic mass is 16.5. The summed E-state index contributed by atoms with van der Waals surface area (Å²) < 4.78 is 6.10. The minimum absolute atomic E-state index is 0.0816. The van der Waals surface area contributed by atoms with Gasteiger partial charge in [-0.15, -0.1) is 0 Å². The van der Waals surface area contributed by atoms with Crippen LogP contribution in [-0.2, 0) is 9.53 Å². The van der Waals surface area contributed by atoms with Gasteiger partial charge in [-0.25, -0.2) is 0 Å². The van der Waals surface area contributed by atoms with Crippen LogP contribution in [-0.4, -0.2) is 36.9 Å². The Labute approximate surface area is 115 Å². The van der Waals surface area contributed by atoms with Crippen LogP contribution in [0.15, 0.2) is 30.3 Å². The highest BCUT2D eigenvalue weighted by Gasteiger charge is 2.24. The maximum Gasteiger partial charge on any atom is 0.163 e. The Morgan fingerprint density at radius 1 is 1.32 bits per heavy atom. The van der Waals surface area contributed by atoms with Crippen LogP contribution in [0.3, 0.4) is 0 Å². The molecule has 1 aromatic carbocycles. The molecule has 1 aliphatic heterocycles. The molecule has 2 atom stereocenters. The largest absolute Gasteiger partial charge is 0.361 e. The van der Waals surface area contributed by atoms with E-state index in [4.69, 9.17) is 4.74 Å². The third-order valence-electron chi connectivity index (χ3n) is 3.63. The number of Topliss-reactive ketones (excluding diaryl/α,β-unsaturated/α-hetero) is 1. The average molecular weight is 261 g/mol. The van der Waals surface area contributed by atoms with Gasteiger partial charge in [0.2, 0.25) is 0 Å². The molecule has 1 aliphatic rings. The first-order chi connectivity index (χ1) is 9.16. The van der Waals surface area contributed by atoms with E-state index in [1.54, 1.807) is 6.92 Å². The summed E-state index contributed by atoms with van der Waals surface area (Å²) in [4.78, 5) is 14.1. The molecule has 0 aliphatic carbocycles. The molecule has 3 nitrogen and oxygen atoms in total. The SMILES string of the molecule is CC(=O)C(OC1CCCCN(C)C1)c1ccccc1. The number of nitrogens with zero attached hydrogens (tertiary/aromatic N) is 1. The number of benzene rings is 1. The fraction of sp³-hybridized carbons (Fsp3) is 0.562. The lowest BCUT2D eigenvalue weighted by molar-refractivity contribution is -0.133. The maximum atomic E-state index is 11.8. The van der Waals surface area contributed by atoms with Crippen molar-refractivity contribution in [3.8, 4) is 0 Å². The zero-order valence-electron chi connectivity index (χ0n) is 11.8. The van der Waals surface area contributed by atoms with Crippen molar-refractivity contribution in [3.63, 3.8) is 0 Å². The van der Waals surface area contributed by atoms with Gasteiger partial charge in [-0.05, 0) is 45.3 Å². The van der Waals surface area contributed by atoms with Gasteiger partial charge in [-0.1, -0.05) is 30.3 Å². The van der Waals surface area contributed by atoms with Crippen LogP contribution in [0.1, 0.15) is 37.9 Å². The van der Waals surface area contributed by atoms with Crippen molar-refractivity contribution in [2.45, 2.75) is 38.4 Å². The van der Waals surface area contributed by atoms with Crippen LogP contribution in [0.25, 0.3) is 0 Å². The van der Waals surface area contributed by atoms with Crippen LogP contribution >= 0.6 is 0 Å². The molecule has 0 amide bonds. The second-order valence-electron chi connectivity index (χ2n) is 5.42. The van der Waals surface area contributed by atoms with Gasteiger partial charge in [-0.3, -0.25) is 4.79 Å². The number of hydrogen-bond donors (Lipinski definition) is 0. The molecule has 0 aromatic heterocycles. The molecule has 2 unspecified atom stereocenters. The Morgan fingerprint density at radius 2 is 2.05 bits per heavy atom. The molecular formula is C16H23NO2. The van der Waals surface area contributed by atoms with E-state index in [1.165, 1.54) is 12.8 Å².